The van der Waals surface area contributed by atoms with Gasteiger partial charge in [-0.25, -0.2) is 4.39 Å². The Morgan fingerprint density at radius 2 is 2.00 bits per heavy atom. The Morgan fingerprint density at radius 1 is 1.26 bits per heavy atom. The highest BCUT2D eigenvalue weighted by Crippen LogP contribution is 2.35. The Balaban J connectivity index is 1.68. The van der Waals surface area contributed by atoms with Crippen LogP contribution in [0.25, 0.3) is 10.1 Å². The minimum absolute atomic E-state index is 0.170. The van der Waals surface area contributed by atoms with Gasteiger partial charge in [-0.2, -0.15) is 0 Å². The van der Waals surface area contributed by atoms with Crippen molar-refractivity contribution in [3.8, 4) is 0 Å². The second kappa shape index (κ2) is 6.82. The molecule has 2 aromatic rings. The van der Waals surface area contributed by atoms with Gasteiger partial charge in [0.1, 0.15) is 10.7 Å². The van der Waals surface area contributed by atoms with E-state index in [-0.39, 0.29) is 21.7 Å². The summed E-state index contributed by atoms with van der Waals surface area (Å²) in [5.41, 5.74) is 4.78. The number of hydrogen-bond donors (Lipinski definition) is 2. The van der Waals surface area contributed by atoms with Crippen LogP contribution < -0.4 is 10.9 Å². The number of halogens is 2. The molecule has 8 heteroatoms. The van der Waals surface area contributed by atoms with Gasteiger partial charge in [-0.3, -0.25) is 20.4 Å². The van der Waals surface area contributed by atoms with E-state index in [2.05, 4.69) is 10.9 Å². The van der Waals surface area contributed by atoms with Gasteiger partial charge < -0.3 is 4.74 Å². The van der Waals surface area contributed by atoms with Crippen LogP contribution in [0, 0.1) is 11.7 Å². The zero-order chi connectivity index (χ0) is 16.4. The lowest BCUT2D eigenvalue weighted by Gasteiger charge is -2.21. The van der Waals surface area contributed by atoms with Crippen LogP contribution in [-0.2, 0) is 9.53 Å². The molecule has 2 N–H and O–H groups in total. The molecular weight excluding hydrogens is 343 g/mol. The van der Waals surface area contributed by atoms with Gasteiger partial charge in [0.2, 0.25) is 5.91 Å². The zero-order valence-electron chi connectivity index (χ0n) is 12.0. The number of benzene rings is 1. The maximum absolute atomic E-state index is 13.2. The molecule has 0 atom stereocenters. The lowest BCUT2D eigenvalue weighted by molar-refractivity contribution is -0.128. The zero-order valence-corrected chi connectivity index (χ0v) is 13.6. The summed E-state index contributed by atoms with van der Waals surface area (Å²) in [5.74, 6) is -1.33. The van der Waals surface area contributed by atoms with Crippen molar-refractivity contribution in [3.05, 3.63) is 33.9 Å². The number of nitrogens with one attached hydrogen (secondary N) is 2. The van der Waals surface area contributed by atoms with E-state index in [1.54, 1.807) is 0 Å². The van der Waals surface area contributed by atoms with Crippen molar-refractivity contribution in [1.82, 2.24) is 10.9 Å². The fourth-order valence-corrected chi connectivity index (χ4v) is 3.86. The minimum atomic E-state index is -0.517. The largest absolute Gasteiger partial charge is 0.381 e. The summed E-state index contributed by atoms with van der Waals surface area (Å²) in [5, 5.41) is 0.863. The lowest BCUT2D eigenvalue weighted by atomic mass is 10.00. The first-order valence-electron chi connectivity index (χ1n) is 7.12. The molecule has 1 aliphatic rings. The van der Waals surface area contributed by atoms with Crippen molar-refractivity contribution in [3.63, 3.8) is 0 Å². The van der Waals surface area contributed by atoms with E-state index < -0.39 is 11.7 Å². The molecule has 2 amide bonds. The Labute approximate surface area is 140 Å². The fraction of sp³-hybridized carbons (Fsp3) is 0.333. The number of fused-ring (bicyclic) bond motifs is 1. The highest BCUT2D eigenvalue weighted by atomic mass is 35.5. The maximum atomic E-state index is 13.2. The Hall–Kier alpha value is -1.70. The van der Waals surface area contributed by atoms with Crippen molar-refractivity contribution in [1.29, 1.82) is 0 Å². The highest BCUT2D eigenvalue weighted by Gasteiger charge is 2.23. The molecule has 3 rings (SSSR count). The Morgan fingerprint density at radius 3 is 2.74 bits per heavy atom. The van der Waals surface area contributed by atoms with E-state index in [1.807, 2.05) is 0 Å². The van der Waals surface area contributed by atoms with Crippen molar-refractivity contribution in [2.45, 2.75) is 12.8 Å². The molecule has 0 radical (unpaired) electrons. The van der Waals surface area contributed by atoms with Crippen LogP contribution in [0.4, 0.5) is 4.39 Å². The molecule has 1 fully saturated rings. The summed E-state index contributed by atoms with van der Waals surface area (Å²) in [6, 6.07) is 4.14. The average molecular weight is 357 g/mol. The molecule has 1 aliphatic heterocycles. The number of thiophene rings is 1. The third-order valence-corrected chi connectivity index (χ3v) is 5.35. The number of carbonyl (C=O) groups is 2. The van der Waals surface area contributed by atoms with Gasteiger partial charge in [0.05, 0.1) is 5.02 Å². The van der Waals surface area contributed by atoms with Crippen LogP contribution in [0.2, 0.25) is 5.02 Å². The first kappa shape index (κ1) is 16.2. The van der Waals surface area contributed by atoms with Crippen molar-refractivity contribution in [2.75, 3.05) is 13.2 Å². The van der Waals surface area contributed by atoms with Gasteiger partial charge in [0, 0.05) is 29.2 Å². The molecule has 1 saturated heterocycles. The number of rotatable bonds is 2. The van der Waals surface area contributed by atoms with E-state index in [1.165, 1.54) is 18.2 Å². The van der Waals surface area contributed by atoms with Crippen LogP contribution in [0.5, 0.6) is 0 Å². The number of hydrogen-bond acceptors (Lipinski definition) is 4. The normalized spacial score (nSPS) is 15.6. The lowest BCUT2D eigenvalue weighted by Crippen LogP contribution is -2.45. The van der Waals surface area contributed by atoms with E-state index in [0.29, 0.717) is 36.1 Å². The Bertz CT molecular complexity index is 759. The van der Waals surface area contributed by atoms with Crippen LogP contribution in [-0.4, -0.2) is 25.0 Å². The van der Waals surface area contributed by atoms with Crippen LogP contribution in [0.3, 0.4) is 0 Å². The first-order chi connectivity index (χ1) is 11.1. The predicted molar refractivity (Wildman–Crippen MR) is 85.9 cm³/mol. The van der Waals surface area contributed by atoms with Crippen LogP contribution in [0.1, 0.15) is 22.5 Å². The first-order valence-corrected chi connectivity index (χ1v) is 8.31. The summed E-state index contributed by atoms with van der Waals surface area (Å²) < 4.78 is 19.0. The summed E-state index contributed by atoms with van der Waals surface area (Å²) >= 11 is 7.24. The van der Waals surface area contributed by atoms with Crippen LogP contribution >= 0.6 is 22.9 Å². The van der Waals surface area contributed by atoms with E-state index in [0.717, 1.165) is 11.3 Å². The quantitative estimate of drug-likeness (QED) is 0.813. The maximum Gasteiger partial charge on any atom is 0.281 e. The van der Waals surface area contributed by atoms with Gasteiger partial charge >= 0.3 is 0 Å². The van der Waals surface area contributed by atoms with E-state index >= 15 is 0 Å². The minimum Gasteiger partial charge on any atom is -0.381 e. The summed E-state index contributed by atoms with van der Waals surface area (Å²) in [4.78, 5) is 24.4. The molecule has 0 spiro atoms. The van der Waals surface area contributed by atoms with E-state index in [4.69, 9.17) is 16.3 Å². The standard InChI is InChI=1S/C15H14ClFN2O3S/c16-12-10-2-1-9(17)7-11(10)23-13(12)15(21)19-18-14(20)8-3-5-22-6-4-8/h1-2,7-8H,3-6H2,(H,18,20)(H,19,21). The number of amides is 2. The summed E-state index contributed by atoms with van der Waals surface area (Å²) in [6.45, 7) is 1.08. The Kier molecular flexibility index (Phi) is 4.79. The van der Waals surface area contributed by atoms with E-state index in [9.17, 15) is 14.0 Å². The van der Waals surface area contributed by atoms with Crippen LogP contribution in [0.15, 0.2) is 18.2 Å². The molecule has 5 nitrogen and oxygen atoms in total. The molecule has 0 saturated carbocycles. The molecule has 0 unspecified atom stereocenters. The van der Waals surface area contributed by atoms with Gasteiger partial charge in [-0.15, -0.1) is 11.3 Å². The topological polar surface area (TPSA) is 67.4 Å². The third kappa shape index (κ3) is 3.46. The third-order valence-electron chi connectivity index (χ3n) is 3.69. The predicted octanol–water partition coefficient (Wildman–Crippen LogP) is 2.88. The molecule has 0 aliphatic carbocycles. The molecule has 0 bridgehead atoms. The molecule has 1 aromatic carbocycles. The molecule has 2 heterocycles. The fourth-order valence-electron chi connectivity index (χ4n) is 2.42. The van der Waals surface area contributed by atoms with Gasteiger partial charge in [0.25, 0.3) is 5.91 Å². The molecular formula is C15H14ClFN2O3S. The monoisotopic (exact) mass is 356 g/mol. The average Bonchev–Trinajstić information content (AvgIpc) is 2.89. The number of ether oxygens (including phenoxy) is 1. The second-order valence-corrected chi connectivity index (χ2v) is 6.65. The SMILES string of the molecule is O=C(NNC(=O)C1CCOCC1)c1sc2cc(F)ccc2c1Cl. The second-order valence-electron chi connectivity index (χ2n) is 5.22. The van der Waals surface area contributed by atoms with Crippen molar-refractivity contribution in [2.24, 2.45) is 5.92 Å². The van der Waals surface area contributed by atoms with Crippen molar-refractivity contribution >= 4 is 44.8 Å². The summed E-state index contributed by atoms with van der Waals surface area (Å²) in [6.07, 6.45) is 1.26. The highest BCUT2D eigenvalue weighted by molar-refractivity contribution is 7.21. The number of hydrazine groups is 1. The summed E-state index contributed by atoms with van der Waals surface area (Å²) in [7, 11) is 0. The van der Waals surface area contributed by atoms with Gasteiger partial charge in [-0.05, 0) is 31.0 Å². The molecule has 1 aromatic heterocycles. The van der Waals surface area contributed by atoms with Gasteiger partial charge in [-0.1, -0.05) is 11.6 Å². The molecule has 122 valence electrons. The molecule has 23 heavy (non-hydrogen) atoms. The van der Waals surface area contributed by atoms with Gasteiger partial charge in [0.15, 0.2) is 0 Å². The number of carbonyl (C=O) groups excluding carboxylic acids is 2. The van der Waals surface area contributed by atoms with Crippen molar-refractivity contribution < 1.29 is 18.7 Å². The smallest absolute Gasteiger partial charge is 0.281 e.